The highest BCUT2D eigenvalue weighted by Crippen LogP contribution is 1.85. The standard InChI is InChI=1S/C4H6O4.H2O2S/c5-3(6)1-2-4(7)8;1-3-2/h1-2H2,(H,5,6)(H,7,8);3H2. The minimum absolute atomic E-state index is 0.296. The number of carboxylic acids is 2. The maximum absolute atomic E-state index is 9.64. The van der Waals surface area contributed by atoms with Crippen LogP contribution in [-0.4, -0.2) is 30.6 Å². The van der Waals surface area contributed by atoms with Gasteiger partial charge in [0, 0.05) is 0 Å². The second-order valence-corrected chi connectivity index (χ2v) is 1.54. The van der Waals surface area contributed by atoms with Crippen molar-refractivity contribution < 1.29 is 28.2 Å². The Hall–Kier alpha value is -1.11. The van der Waals surface area contributed by atoms with Gasteiger partial charge in [0.05, 0.1) is 12.8 Å². The van der Waals surface area contributed by atoms with Crippen LogP contribution in [0, 0.1) is 0 Å². The topological polar surface area (TPSA) is 109 Å². The quantitative estimate of drug-likeness (QED) is 0.566. The molecule has 0 rings (SSSR count). The minimum Gasteiger partial charge on any atom is -0.481 e. The molecule has 7 heteroatoms. The van der Waals surface area contributed by atoms with Crippen molar-refractivity contribution >= 4 is 23.5 Å². The number of rotatable bonds is 3. The van der Waals surface area contributed by atoms with Gasteiger partial charge in [-0.3, -0.25) is 9.59 Å². The predicted octanol–water partition coefficient (Wildman–Crippen LogP) is -1.27. The number of aliphatic carboxylic acids is 2. The summed E-state index contributed by atoms with van der Waals surface area (Å²) >= 11 is -1.42. The molecule has 0 atom stereocenters. The van der Waals surface area contributed by atoms with Crippen LogP contribution in [0.5, 0.6) is 0 Å². The van der Waals surface area contributed by atoms with Gasteiger partial charge in [0.25, 0.3) is 0 Å². The molecule has 66 valence electrons. The maximum Gasteiger partial charge on any atom is 0.303 e. The molecule has 0 aliphatic heterocycles. The average molecular weight is 184 g/mol. The van der Waals surface area contributed by atoms with Crippen molar-refractivity contribution in [1.82, 2.24) is 0 Å². The summed E-state index contributed by atoms with van der Waals surface area (Å²) in [6.45, 7) is 0. The summed E-state index contributed by atoms with van der Waals surface area (Å²) in [5, 5.41) is 15.8. The molecule has 0 unspecified atom stereocenters. The third-order valence-corrected chi connectivity index (χ3v) is 0.553. The van der Waals surface area contributed by atoms with Crippen molar-refractivity contribution in [3.05, 3.63) is 0 Å². The van der Waals surface area contributed by atoms with Crippen LogP contribution in [0.3, 0.4) is 0 Å². The first-order valence-corrected chi connectivity index (χ1v) is 3.29. The van der Waals surface area contributed by atoms with Gasteiger partial charge >= 0.3 is 11.9 Å². The van der Waals surface area contributed by atoms with Gasteiger partial charge in [0.2, 0.25) is 0 Å². The first-order chi connectivity index (χ1) is 5.04. The first-order valence-electron chi connectivity index (χ1n) is 2.47. The summed E-state index contributed by atoms with van der Waals surface area (Å²) < 4.78 is 16.8. The van der Waals surface area contributed by atoms with Crippen molar-refractivity contribution in [2.45, 2.75) is 12.8 Å². The molecule has 11 heavy (non-hydrogen) atoms. The van der Waals surface area contributed by atoms with E-state index in [-0.39, 0.29) is 12.8 Å². The average Bonchev–Trinajstić information content (AvgIpc) is 1.85. The van der Waals surface area contributed by atoms with Crippen molar-refractivity contribution in [2.24, 2.45) is 0 Å². The van der Waals surface area contributed by atoms with Crippen LogP contribution in [0.25, 0.3) is 0 Å². The lowest BCUT2D eigenvalue weighted by Crippen LogP contribution is -2.00. The molecule has 0 heterocycles. The first kappa shape index (κ1) is 12.6. The van der Waals surface area contributed by atoms with Gasteiger partial charge in [-0.2, -0.15) is 0 Å². The molecule has 6 nitrogen and oxygen atoms in total. The zero-order valence-corrected chi connectivity index (χ0v) is 6.44. The summed E-state index contributed by atoms with van der Waals surface area (Å²) in [5.41, 5.74) is 0. The number of carbonyl (C=O) groups is 2. The third-order valence-electron chi connectivity index (χ3n) is 0.553. The fraction of sp³-hybridized carbons (Fsp3) is 0.500. The summed E-state index contributed by atoms with van der Waals surface area (Å²) in [6, 6.07) is 0. The molecule has 0 spiro atoms. The van der Waals surface area contributed by atoms with Crippen molar-refractivity contribution in [2.75, 3.05) is 0 Å². The van der Waals surface area contributed by atoms with Crippen LogP contribution in [0.15, 0.2) is 0 Å². The Labute approximate surface area is 65.4 Å². The van der Waals surface area contributed by atoms with E-state index in [4.69, 9.17) is 18.6 Å². The van der Waals surface area contributed by atoms with E-state index in [1.807, 2.05) is 0 Å². The van der Waals surface area contributed by atoms with E-state index in [1.165, 1.54) is 0 Å². The summed E-state index contributed by atoms with van der Waals surface area (Å²) in [7, 11) is 0. The largest absolute Gasteiger partial charge is 0.481 e. The van der Waals surface area contributed by atoms with Crippen molar-refractivity contribution in [3.63, 3.8) is 0 Å². The molecular weight excluding hydrogens is 176 g/mol. The molecule has 0 saturated heterocycles. The van der Waals surface area contributed by atoms with Gasteiger partial charge in [-0.15, -0.1) is 0 Å². The van der Waals surface area contributed by atoms with Crippen LogP contribution < -0.4 is 0 Å². The Morgan fingerprint density at radius 2 is 1.18 bits per heavy atom. The summed E-state index contributed by atoms with van der Waals surface area (Å²) in [4.78, 5) is 19.3. The molecule has 0 aromatic rings. The van der Waals surface area contributed by atoms with E-state index in [2.05, 4.69) is 0 Å². The van der Waals surface area contributed by atoms with Crippen LogP contribution >= 0.6 is 0 Å². The number of carboxylic acid groups (broad SMARTS) is 2. The fourth-order valence-corrected chi connectivity index (χ4v) is 0.214. The van der Waals surface area contributed by atoms with Crippen molar-refractivity contribution in [1.29, 1.82) is 0 Å². The molecular formula is C4H8O6S. The second-order valence-electron chi connectivity index (χ2n) is 1.37. The van der Waals surface area contributed by atoms with Crippen LogP contribution in [0.1, 0.15) is 12.8 Å². The van der Waals surface area contributed by atoms with E-state index in [0.29, 0.717) is 0 Å². The maximum atomic E-state index is 9.64. The lowest BCUT2D eigenvalue weighted by atomic mass is 10.3. The van der Waals surface area contributed by atoms with Gasteiger partial charge in [0.1, 0.15) is 11.6 Å². The summed E-state index contributed by atoms with van der Waals surface area (Å²) in [5.74, 6) is -2.15. The SMILES string of the molecule is O=C(O)CCC(=O)O.O=[SH2]=O. The molecule has 0 radical (unpaired) electrons. The Balaban J connectivity index is 0. The Morgan fingerprint density at radius 1 is 1.00 bits per heavy atom. The van der Waals surface area contributed by atoms with E-state index in [1.54, 1.807) is 0 Å². The predicted molar refractivity (Wildman–Crippen MR) is 36.2 cm³/mol. The van der Waals surface area contributed by atoms with E-state index in [0.717, 1.165) is 0 Å². The Bertz CT molecular complexity index is 155. The lowest BCUT2D eigenvalue weighted by Gasteiger charge is -1.85. The number of hydrogen-bond acceptors (Lipinski definition) is 4. The van der Waals surface area contributed by atoms with E-state index in [9.17, 15) is 9.59 Å². The highest BCUT2D eigenvalue weighted by Gasteiger charge is 2.00. The lowest BCUT2D eigenvalue weighted by molar-refractivity contribution is -0.143. The second kappa shape index (κ2) is 8.89. The van der Waals surface area contributed by atoms with Crippen molar-refractivity contribution in [3.8, 4) is 0 Å². The van der Waals surface area contributed by atoms with E-state index < -0.39 is 23.5 Å². The molecule has 0 bridgehead atoms. The van der Waals surface area contributed by atoms with Crippen LogP contribution in [0.4, 0.5) is 0 Å². The molecule has 2 N–H and O–H groups in total. The normalized spacial score (nSPS) is 7.64. The Kier molecular flexibility index (Phi) is 10.1. The molecule has 0 saturated carbocycles. The molecule has 0 fully saturated rings. The molecule has 0 aliphatic rings. The van der Waals surface area contributed by atoms with Gasteiger partial charge < -0.3 is 10.2 Å². The fourth-order valence-electron chi connectivity index (χ4n) is 0.214. The van der Waals surface area contributed by atoms with Gasteiger partial charge in [-0.05, 0) is 0 Å². The highest BCUT2D eigenvalue weighted by atomic mass is 32.1. The van der Waals surface area contributed by atoms with Gasteiger partial charge in [0.15, 0.2) is 0 Å². The highest BCUT2D eigenvalue weighted by molar-refractivity contribution is 7.51. The minimum atomic E-state index is -1.42. The summed E-state index contributed by atoms with van der Waals surface area (Å²) in [6.07, 6.45) is -0.593. The van der Waals surface area contributed by atoms with Gasteiger partial charge in [-0.25, -0.2) is 8.42 Å². The molecule has 0 amide bonds. The monoisotopic (exact) mass is 184 g/mol. The van der Waals surface area contributed by atoms with E-state index >= 15 is 0 Å². The number of hydrogen-bond donors (Lipinski definition) is 2. The van der Waals surface area contributed by atoms with Crippen LogP contribution in [0.2, 0.25) is 0 Å². The zero-order valence-electron chi connectivity index (χ0n) is 5.44. The van der Waals surface area contributed by atoms with Crippen LogP contribution in [-0.2, 0) is 21.2 Å². The smallest absolute Gasteiger partial charge is 0.303 e. The molecule has 0 aromatic carbocycles. The zero-order chi connectivity index (χ0) is 9.28. The van der Waals surface area contributed by atoms with Gasteiger partial charge in [-0.1, -0.05) is 0 Å². The molecule has 0 aromatic heterocycles. The Morgan fingerprint density at radius 3 is 1.27 bits per heavy atom. The third kappa shape index (κ3) is 27.9. The molecule has 0 aliphatic carbocycles.